The van der Waals surface area contributed by atoms with Crippen molar-refractivity contribution in [3.05, 3.63) is 59.4 Å². The van der Waals surface area contributed by atoms with Gasteiger partial charge in [-0.2, -0.15) is 0 Å². The highest BCUT2D eigenvalue weighted by Gasteiger charge is 2.05. The molecule has 3 heteroatoms. The van der Waals surface area contributed by atoms with Crippen LogP contribution in [0.3, 0.4) is 0 Å². The first-order valence-electron chi connectivity index (χ1n) is 7.36. The number of ether oxygens (including phenoxy) is 1. The zero-order valence-corrected chi connectivity index (χ0v) is 12.5. The Bertz CT molecular complexity index is 693. The molecule has 0 saturated carbocycles. The Hall–Kier alpha value is -2.29. The van der Waals surface area contributed by atoms with Crippen molar-refractivity contribution >= 4 is 11.0 Å². The fraction of sp³-hybridized carbons (Fsp3) is 0.278. The van der Waals surface area contributed by atoms with Crippen LogP contribution in [0.25, 0.3) is 11.0 Å². The van der Waals surface area contributed by atoms with E-state index in [1.165, 1.54) is 11.1 Å². The van der Waals surface area contributed by atoms with Gasteiger partial charge in [-0.1, -0.05) is 18.2 Å². The molecule has 0 amide bonds. The van der Waals surface area contributed by atoms with Gasteiger partial charge in [0.2, 0.25) is 0 Å². The molecule has 108 valence electrons. The third-order valence-corrected chi connectivity index (χ3v) is 3.72. The molecule has 0 radical (unpaired) electrons. The van der Waals surface area contributed by atoms with E-state index in [4.69, 9.17) is 4.74 Å². The van der Waals surface area contributed by atoms with Gasteiger partial charge in [-0.25, -0.2) is 4.98 Å². The number of rotatable bonds is 5. The number of aryl methyl sites for hydroxylation is 3. The van der Waals surface area contributed by atoms with Gasteiger partial charge in [-0.3, -0.25) is 0 Å². The summed E-state index contributed by atoms with van der Waals surface area (Å²) in [5, 5.41) is 0. The summed E-state index contributed by atoms with van der Waals surface area (Å²) in [6.45, 7) is 4.96. The maximum Gasteiger partial charge on any atom is 0.119 e. The quantitative estimate of drug-likeness (QED) is 0.712. The lowest BCUT2D eigenvalue weighted by Crippen LogP contribution is -2.00. The van der Waals surface area contributed by atoms with Crippen molar-refractivity contribution < 1.29 is 4.74 Å². The summed E-state index contributed by atoms with van der Waals surface area (Å²) in [6, 6.07) is 14.2. The minimum atomic E-state index is 0.707. The summed E-state index contributed by atoms with van der Waals surface area (Å²) >= 11 is 0. The Morgan fingerprint density at radius 3 is 2.62 bits per heavy atom. The average Bonchev–Trinajstić information content (AvgIpc) is 2.87. The van der Waals surface area contributed by atoms with Crippen molar-refractivity contribution in [3.63, 3.8) is 0 Å². The minimum Gasteiger partial charge on any atom is -0.494 e. The second-order valence-corrected chi connectivity index (χ2v) is 5.40. The molecule has 3 rings (SSSR count). The smallest absolute Gasteiger partial charge is 0.119 e. The number of aromatic nitrogens is 2. The van der Waals surface area contributed by atoms with Gasteiger partial charge in [0, 0.05) is 6.42 Å². The SMILES string of the molecule is Cc1cc2nc(CCCOc3ccccc3)[nH]c2cc1C. The Morgan fingerprint density at radius 1 is 1.05 bits per heavy atom. The number of nitrogens with one attached hydrogen (secondary N) is 1. The van der Waals surface area contributed by atoms with Crippen LogP contribution in [0.5, 0.6) is 5.75 Å². The molecule has 0 bridgehead atoms. The monoisotopic (exact) mass is 280 g/mol. The molecule has 0 aliphatic heterocycles. The number of fused-ring (bicyclic) bond motifs is 1. The van der Waals surface area contributed by atoms with Crippen LogP contribution < -0.4 is 4.74 Å². The highest BCUT2D eigenvalue weighted by Crippen LogP contribution is 2.18. The summed E-state index contributed by atoms with van der Waals surface area (Å²) in [5.41, 5.74) is 4.76. The third kappa shape index (κ3) is 3.24. The summed E-state index contributed by atoms with van der Waals surface area (Å²) in [4.78, 5) is 8.04. The molecule has 0 aliphatic carbocycles. The van der Waals surface area contributed by atoms with Crippen molar-refractivity contribution in [2.75, 3.05) is 6.61 Å². The van der Waals surface area contributed by atoms with E-state index < -0.39 is 0 Å². The molecule has 1 N–H and O–H groups in total. The van der Waals surface area contributed by atoms with Crippen LogP contribution in [0.15, 0.2) is 42.5 Å². The maximum absolute atomic E-state index is 5.70. The van der Waals surface area contributed by atoms with Gasteiger partial charge in [0.15, 0.2) is 0 Å². The van der Waals surface area contributed by atoms with Crippen LogP contribution in [0.4, 0.5) is 0 Å². The van der Waals surface area contributed by atoms with E-state index in [1.807, 2.05) is 30.3 Å². The van der Waals surface area contributed by atoms with Gasteiger partial charge < -0.3 is 9.72 Å². The third-order valence-electron chi connectivity index (χ3n) is 3.72. The molecule has 3 aromatic rings. The first kappa shape index (κ1) is 13.7. The molecule has 0 saturated heterocycles. The second kappa shape index (κ2) is 6.00. The van der Waals surface area contributed by atoms with Gasteiger partial charge >= 0.3 is 0 Å². The fourth-order valence-corrected chi connectivity index (χ4v) is 2.39. The summed E-state index contributed by atoms with van der Waals surface area (Å²) < 4.78 is 5.70. The number of H-pyrrole nitrogens is 1. The zero-order valence-electron chi connectivity index (χ0n) is 12.5. The first-order valence-corrected chi connectivity index (χ1v) is 7.36. The molecule has 3 nitrogen and oxygen atoms in total. The number of para-hydroxylation sites is 1. The molecule has 0 spiro atoms. The van der Waals surface area contributed by atoms with E-state index in [2.05, 4.69) is 35.9 Å². The van der Waals surface area contributed by atoms with Crippen molar-refractivity contribution in [2.24, 2.45) is 0 Å². The Kier molecular flexibility index (Phi) is 3.91. The molecule has 0 unspecified atom stereocenters. The molecule has 0 atom stereocenters. The molecule has 1 aromatic heterocycles. The largest absolute Gasteiger partial charge is 0.494 e. The highest BCUT2D eigenvalue weighted by molar-refractivity contribution is 5.77. The normalized spacial score (nSPS) is 11.0. The molecular weight excluding hydrogens is 260 g/mol. The zero-order chi connectivity index (χ0) is 14.7. The van der Waals surface area contributed by atoms with Crippen LogP contribution in [0.1, 0.15) is 23.4 Å². The average molecular weight is 280 g/mol. The van der Waals surface area contributed by atoms with Crippen molar-refractivity contribution in [2.45, 2.75) is 26.7 Å². The van der Waals surface area contributed by atoms with E-state index in [0.29, 0.717) is 6.61 Å². The lowest BCUT2D eigenvalue weighted by molar-refractivity contribution is 0.310. The second-order valence-electron chi connectivity index (χ2n) is 5.40. The molecule has 21 heavy (non-hydrogen) atoms. The van der Waals surface area contributed by atoms with Crippen molar-refractivity contribution in [3.8, 4) is 5.75 Å². The molecular formula is C18H20N2O. The number of imidazole rings is 1. The van der Waals surface area contributed by atoms with Gasteiger partial charge in [0.05, 0.1) is 17.6 Å². The molecule has 0 aliphatic rings. The van der Waals surface area contributed by atoms with Gasteiger partial charge in [-0.05, 0) is 55.7 Å². The molecule has 2 aromatic carbocycles. The van der Waals surface area contributed by atoms with Gasteiger partial charge in [0.25, 0.3) is 0 Å². The highest BCUT2D eigenvalue weighted by atomic mass is 16.5. The predicted molar refractivity (Wildman–Crippen MR) is 85.8 cm³/mol. The maximum atomic E-state index is 5.70. The van der Waals surface area contributed by atoms with Gasteiger partial charge in [0.1, 0.15) is 11.6 Å². The van der Waals surface area contributed by atoms with E-state index in [1.54, 1.807) is 0 Å². The van der Waals surface area contributed by atoms with Crippen LogP contribution in [0, 0.1) is 13.8 Å². The predicted octanol–water partition coefficient (Wildman–Crippen LogP) is 4.19. The lowest BCUT2D eigenvalue weighted by atomic mass is 10.1. The summed E-state index contributed by atoms with van der Waals surface area (Å²) in [7, 11) is 0. The number of nitrogens with zero attached hydrogens (tertiary/aromatic N) is 1. The Balaban J connectivity index is 1.58. The van der Waals surface area contributed by atoms with Crippen molar-refractivity contribution in [1.29, 1.82) is 0 Å². The Morgan fingerprint density at radius 2 is 1.81 bits per heavy atom. The van der Waals surface area contributed by atoms with Crippen molar-refractivity contribution in [1.82, 2.24) is 9.97 Å². The summed E-state index contributed by atoms with van der Waals surface area (Å²) in [6.07, 6.45) is 1.85. The van der Waals surface area contributed by atoms with E-state index in [0.717, 1.165) is 35.4 Å². The number of aromatic amines is 1. The number of benzene rings is 2. The number of hydrogen-bond acceptors (Lipinski definition) is 2. The van der Waals surface area contributed by atoms with Crippen LogP contribution in [-0.4, -0.2) is 16.6 Å². The minimum absolute atomic E-state index is 0.707. The topological polar surface area (TPSA) is 37.9 Å². The van der Waals surface area contributed by atoms with E-state index >= 15 is 0 Å². The van der Waals surface area contributed by atoms with Crippen LogP contribution >= 0.6 is 0 Å². The lowest BCUT2D eigenvalue weighted by Gasteiger charge is -2.04. The van der Waals surface area contributed by atoms with Crippen LogP contribution in [0.2, 0.25) is 0 Å². The van der Waals surface area contributed by atoms with Crippen LogP contribution in [-0.2, 0) is 6.42 Å². The standard InChI is InChI=1S/C18H20N2O/c1-13-11-16-17(12-14(13)2)20-18(19-16)9-6-10-21-15-7-4-3-5-8-15/h3-5,7-8,11-12H,6,9-10H2,1-2H3,(H,19,20). The Labute approximate surface area is 125 Å². The fourth-order valence-electron chi connectivity index (χ4n) is 2.39. The van der Waals surface area contributed by atoms with Gasteiger partial charge in [-0.15, -0.1) is 0 Å². The first-order chi connectivity index (χ1) is 10.2. The molecule has 0 fully saturated rings. The number of hydrogen-bond donors (Lipinski definition) is 1. The molecule has 1 heterocycles. The summed E-state index contributed by atoms with van der Waals surface area (Å²) in [5.74, 6) is 1.96. The van der Waals surface area contributed by atoms with E-state index in [-0.39, 0.29) is 0 Å². The van der Waals surface area contributed by atoms with E-state index in [9.17, 15) is 0 Å².